The third-order valence-electron chi connectivity index (χ3n) is 5.04. The molecule has 3 aliphatic heterocycles. The van der Waals surface area contributed by atoms with Gasteiger partial charge in [-0.25, -0.2) is 4.79 Å². The van der Waals surface area contributed by atoms with E-state index in [4.69, 9.17) is 4.74 Å². The molecule has 6 nitrogen and oxygen atoms in total. The summed E-state index contributed by atoms with van der Waals surface area (Å²) in [7, 11) is 0. The van der Waals surface area contributed by atoms with Crippen LogP contribution < -0.4 is 5.32 Å². The summed E-state index contributed by atoms with van der Waals surface area (Å²) in [5, 5.41) is 3.02. The topological polar surface area (TPSA) is 61.9 Å². The van der Waals surface area contributed by atoms with Gasteiger partial charge in [-0.3, -0.25) is 4.79 Å². The van der Waals surface area contributed by atoms with Crippen LogP contribution in [0.1, 0.15) is 38.5 Å². The maximum Gasteiger partial charge on any atom is 0.319 e. The predicted molar refractivity (Wildman–Crippen MR) is 82.5 cm³/mol. The first-order valence-corrected chi connectivity index (χ1v) is 8.67. The van der Waals surface area contributed by atoms with Crippen molar-refractivity contribution in [3.05, 3.63) is 0 Å². The highest BCUT2D eigenvalue weighted by Crippen LogP contribution is 2.20. The molecule has 1 atom stereocenters. The molecular formula is C16H27N3O3. The highest BCUT2D eigenvalue weighted by atomic mass is 16.5. The van der Waals surface area contributed by atoms with Gasteiger partial charge >= 0.3 is 6.03 Å². The second-order valence-electron chi connectivity index (χ2n) is 6.62. The number of hydrogen-bond acceptors (Lipinski definition) is 3. The normalized spacial score (nSPS) is 26.5. The van der Waals surface area contributed by atoms with Gasteiger partial charge in [0.05, 0.1) is 6.10 Å². The Morgan fingerprint density at radius 1 is 0.955 bits per heavy atom. The lowest BCUT2D eigenvalue weighted by Gasteiger charge is -2.34. The molecule has 0 aromatic rings. The Balaban J connectivity index is 1.38. The Morgan fingerprint density at radius 3 is 2.27 bits per heavy atom. The number of nitrogens with zero attached hydrogens (tertiary/aromatic N) is 2. The Labute approximate surface area is 132 Å². The number of carbonyl (C=O) groups excluding carboxylic acids is 2. The number of nitrogens with one attached hydrogen (secondary N) is 1. The number of likely N-dealkylation sites (tertiary alicyclic amines) is 2. The highest BCUT2D eigenvalue weighted by molar-refractivity contribution is 5.79. The van der Waals surface area contributed by atoms with E-state index in [1.807, 2.05) is 9.80 Å². The number of amides is 3. The van der Waals surface area contributed by atoms with E-state index in [1.165, 1.54) is 0 Å². The van der Waals surface area contributed by atoms with Gasteiger partial charge in [-0.1, -0.05) is 0 Å². The van der Waals surface area contributed by atoms with E-state index in [0.29, 0.717) is 19.6 Å². The summed E-state index contributed by atoms with van der Waals surface area (Å²) in [6, 6.07) is 0.163. The largest absolute Gasteiger partial charge is 0.376 e. The fourth-order valence-corrected chi connectivity index (χ4v) is 3.61. The fraction of sp³-hybridized carbons (Fsp3) is 0.875. The molecule has 3 heterocycles. The van der Waals surface area contributed by atoms with Gasteiger partial charge in [0.2, 0.25) is 5.91 Å². The SMILES string of the molecule is O=C(NCC1CCCO1)C1CCN(C(=O)N2CCCC2)CC1. The van der Waals surface area contributed by atoms with Gasteiger partial charge in [0.25, 0.3) is 0 Å². The van der Waals surface area contributed by atoms with Crippen LogP contribution in [0.3, 0.4) is 0 Å². The highest BCUT2D eigenvalue weighted by Gasteiger charge is 2.30. The molecule has 3 fully saturated rings. The van der Waals surface area contributed by atoms with Gasteiger partial charge in [0, 0.05) is 45.2 Å². The zero-order valence-corrected chi connectivity index (χ0v) is 13.3. The number of ether oxygens (including phenoxy) is 1. The summed E-state index contributed by atoms with van der Waals surface area (Å²) < 4.78 is 5.52. The van der Waals surface area contributed by atoms with Gasteiger partial charge in [-0.2, -0.15) is 0 Å². The van der Waals surface area contributed by atoms with Crippen molar-refractivity contribution in [1.29, 1.82) is 0 Å². The summed E-state index contributed by atoms with van der Waals surface area (Å²) in [4.78, 5) is 28.4. The number of piperidine rings is 1. The smallest absolute Gasteiger partial charge is 0.319 e. The average Bonchev–Trinajstić information content (AvgIpc) is 3.25. The molecule has 3 amide bonds. The molecular weight excluding hydrogens is 282 g/mol. The van der Waals surface area contributed by atoms with Gasteiger partial charge in [-0.05, 0) is 38.5 Å². The van der Waals surface area contributed by atoms with Gasteiger partial charge < -0.3 is 19.9 Å². The van der Waals surface area contributed by atoms with Crippen LogP contribution in [-0.4, -0.2) is 67.2 Å². The van der Waals surface area contributed by atoms with Crippen molar-refractivity contribution in [2.24, 2.45) is 5.92 Å². The van der Waals surface area contributed by atoms with Crippen molar-refractivity contribution >= 4 is 11.9 Å². The quantitative estimate of drug-likeness (QED) is 0.852. The Kier molecular flexibility index (Phi) is 5.18. The number of urea groups is 1. The van der Waals surface area contributed by atoms with E-state index in [9.17, 15) is 9.59 Å². The molecule has 0 bridgehead atoms. The Morgan fingerprint density at radius 2 is 1.64 bits per heavy atom. The summed E-state index contributed by atoms with van der Waals surface area (Å²) in [5.41, 5.74) is 0. The van der Waals surface area contributed by atoms with E-state index in [0.717, 1.165) is 58.2 Å². The van der Waals surface area contributed by atoms with Crippen LogP contribution in [0.2, 0.25) is 0 Å². The van der Waals surface area contributed by atoms with E-state index in [1.54, 1.807) is 0 Å². The molecule has 0 aromatic carbocycles. The zero-order chi connectivity index (χ0) is 15.4. The molecule has 22 heavy (non-hydrogen) atoms. The molecule has 3 saturated heterocycles. The van der Waals surface area contributed by atoms with Crippen molar-refractivity contribution in [2.45, 2.75) is 44.6 Å². The fourth-order valence-electron chi connectivity index (χ4n) is 3.61. The number of rotatable bonds is 3. The van der Waals surface area contributed by atoms with Crippen molar-refractivity contribution < 1.29 is 14.3 Å². The molecule has 0 aliphatic carbocycles. The van der Waals surface area contributed by atoms with Gasteiger partial charge in [0.1, 0.15) is 0 Å². The maximum absolute atomic E-state index is 12.3. The number of hydrogen-bond donors (Lipinski definition) is 1. The minimum absolute atomic E-state index is 0.0454. The van der Waals surface area contributed by atoms with Crippen LogP contribution >= 0.6 is 0 Å². The zero-order valence-electron chi connectivity index (χ0n) is 13.3. The summed E-state index contributed by atoms with van der Waals surface area (Å²) in [6.45, 7) is 4.63. The molecule has 6 heteroatoms. The van der Waals surface area contributed by atoms with Crippen LogP contribution in [-0.2, 0) is 9.53 Å². The molecule has 0 aromatic heterocycles. The van der Waals surface area contributed by atoms with Crippen LogP contribution in [0, 0.1) is 5.92 Å². The minimum Gasteiger partial charge on any atom is -0.376 e. The molecule has 3 aliphatic rings. The van der Waals surface area contributed by atoms with Gasteiger partial charge in [-0.15, -0.1) is 0 Å². The lowest BCUT2D eigenvalue weighted by Crippen LogP contribution is -2.48. The molecule has 124 valence electrons. The first-order valence-electron chi connectivity index (χ1n) is 8.67. The van der Waals surface area contributed by atoms with Crippen LogP contribution in [0.4, 0.5) is 4.79 Å². The summed E-state index contributed by atoms with van der Waals surface area (Å²) >= 11 is 0. The summed E-state index contributed by atoms with van der Waals surface area (Å²) in [6.07, 6.45) is 6.12. The predicted octanol–water partition coefficient (Wildman–Crippen LogP) is 1.21. The van der Waals surface area contributed by atoms with Crippen LogP contribution in [0.25, 0.3) is 0 Å². The third-order valence-corrected chi connectivity index (χ3v) is 5.04. The Bertz CT molecular complexity index is 395. The van der Waals surface area contributed by atoms with E-state index in [2.05, 4.69) is 5.32 Å². The van der Waals surface area contributed by atoms with Crippen molar-refractivity contribution in [3.63, 3.8) is 0 Å². The van der Waals surface area contributed by atoms with E-state index >= 15 is 0 Å². The number of carbonyl (C=O) groups is 2. The molecule has 3 rings (SSSR count). The van der Waals surface area contributed by atoms with Crippen LogP contribution in [0.15, 0.2) is 0 Å². The van der Waals surface area contributed by atoms with E-state index < -0.39 is 0 Å². The van der Waals surface area contributed by atoms with Crippen molar-refractivity contribution in [3.8, 4) is 0 Å². The second kappa shape index (κ2) is 7.31. The summed E-state index contributed by atoms with van der Waals surface area (Å²) in [5.74, 6) is 0.174. The minimum atomic E-state index is 0.0454. The lowest BCUT2D eigenvalue weighted by molar-refractivity contribution is -0.126. The maximum atomic E-state index is 12.3. The Hall–Kier alpha value is -1.30. The lowest BCUT2D eigenvalue weighted by atomic mass is 9.96. The molecule has 0 saturated carbocycles. The monoisotopic (exact) mass is 309 g/mol. The van der Waals surface area contributed by atoms with Crippen molar-refractivity contribution in [1.82, 2.24) is 15.1 Å². The first-order chi connectivity index (χ1) is 10.7. The van der Waals surface area contributed by atoms with Crippen molar-refractivity contribution in [2.75, 3.05) is 39.3 Å². The molecule has 1 N–H and O–H groups in total. The third kappa shape index (κ3) is 3.72. The molecule has 0 spiro atoms. The second-order valence-corrected chi connectivity index (χ2v) is 6.62. The average molecular weight is 309 g/mol. The first kappa shape index (κ1) is 15.6. The van der Waals surface area contributed by atoms with Gasteiger partial charge in [0.15, 0.2) is 0 Å². The molecule has 1 unspecified atom stereocenters. The molecule has 0 radical (unpaired) electrons. The van der Waals surface area contributed by atoms with E-state index in [-0.39, 0.29) is 24.0 Å². The standard InChI is InChI=1S/C16H27N3O3/c20-15(17-12-14-4-3-11-22-14)13-5-9-19(10-6-13)16(21)18-7-1-2-8-18/h13-14H,1-12H2,(H,17,20). The van der Waals surface area contributed by atoms with Crippen LogP contribution in [0.5, 0.6) is 0 Å².